The van der Waals surface area contributed by atoms with Crippen LogP contribution in [0, 0.1) is 29.1 Å². The summed E-state index contributed by atoms with van der Waals surface area (Å²) in [4.78, 5) is 11.7. The first-order valence-corrected chi connectivity index (χ1v) is 6.87. The standard InChI is InChI=1S/C14H20O2/c1-8-12(13(15)16-8)14-5-9-2-10(6-14)4-11(3-9)7-14/h8-12H,2-7H2,1H3/t8-,9?,10?,11?,12-,14?/m0/s1. The maximum Gasteiger partial charge on any atom is 0.313 e. The van der Waals surface area contributed by atoms with Crippen LogP contribution in [0.3, 0.4) is 0 Å². The van der Waals surface area contributed by atoms with Crippen LogP contribution in [0.1, 0.15) is 45.4 Å². The van der Waals surface area contributed by atoms with Crippen molar-refractivity contribution in [3.8, 4) is 0 Å². The lowest BCUT2D eigenvalue weighted by atomic mass is 9.45. The summed E-state index contributed by atoms with van der Waals surface area (Å²) in [6.07, 6.45) is 8.53. The average Bonchev–Trinajstić information content (AvgIpc) is 2.13. The van der Waals surface area contributed by atoms with Gasteiger partial charge in [-0.1, -0.05) is 0 Å². The van der Waals surface area contributed by atoms with E-state index >= 15 is 0 Å². The van der Waals surface area contributed by atoms with Gasteiger partial charge in [-0.2, -0.15) is 0 Å². The Morgan fingerprint density at radius 3 is 1.94 bits per heavy atom. The molecule has 0 aromatic carbocycles. The average molecular weight is 220 g/mol. The fourth-order valence-electron chi connectivity index (χ4n) is 5.75. The van der Waals surface area contributed by atoms with E-state index in [1.165, 1.54) is 38.5 Å². The molecular weight excluding hydrogens is 200 g/mol. The van der Waals surface area contributed by atoms with Gasteiger partial charge in [0.1, 0.15) is 6.10 Å². The van der Waals surface area contributed by atoms with Crippen LogP contribution < -0.4 is 0 Å². The van der Waals surface area contributed by atoms with Gasteiger partial charge in [-0.15, -0.1) is 0 Å². The molecule has 0 spiro atoms. The van der Waals surface area contributed by atoms with Crippen molar-refractivity contribution in [3.05, 3.63) is 0 Å². The van der Waals surface area contributed by atoms with Crippen molar-refractivity contribution in [1.29, 1.82) is 0 Å². The van der Waals surface area contributed by atoms with E-state index in [-0.39, 0.29) is 18.0 Å². The molecule has 88 valence electrons. The van der Waals surface area contributed by atoms with Crippen molar-refractivity contribution in [2.75, 3.05) is 0 Å². The molecule has 5 fully saturated rings. The summed E-state index contributed by atoms with van der Waals surface area (Å²) in [6.45, 7) is 2.09. The number of carbonyl (C=O) groups is 1. The first-order valence-electron chi connectivity index (χ1n) is 6.87. The molecule has 4 saturated carbocycles. The normalized spacial score (nSPS) is 58.3. The molecule has 0 amide bonds. The number of hydrogen-bond donors (Lipinski definition) is 0. The summed E-state index contributed by atoms with van der Waals surface area (Å²) in [5, 5.41) is 0. The maximum atomic E-state index is 11.7. The van der Waals surface area contributed by atoms with Crippen LogP contribution in [0.2, 0.25) is 0 Å². The molecule has 1 saturated heterocycles. The summed E-state index contributed by atoms with van der Waals surface area (Å²) in [6, 6.07) is 0. The van der Waals surface area contributed by atoms with Crippen molar-refractivity contribution < 1.29 is 9.53 Å². The largest absolute Gasteiger partial charge is 0.461 e. The zero-order valence-corrected chi connectivity index (χ0v) is 9.95. The first-order chi connectivity index (χ1) is 7.66. The lowest BCUT2D eigenvalue weighted by Crippen LogP contribution is -2.59. The third-order valence-electron chi connectivity index (χ3n) is 5.77. The van der Waals surface area contributed by atoms with Crippen LogP contribution in [-0.4, -0.2) is 12.1 Å². The summed E-state index contributed by atoms with van der Waals surface area (Å²) < 4.78 is 5.20. The quantitative estimate of drug-likeness (QED) is 0.635. The molecule has 2 heteroatoms. The molecule has 0 N–H and O–H groups in total. The Hall–Kier alpha value is -0.530. The molecule has 1 heterocycles. The van der Waals surface area contributed by atoms with Crippen molar-refractivity contribution in [1.82, 2.24) is 0 Å². The third kappa shape index (κ3) is 1.06. The highest BCUT2D eigenvalue weighted by Crippen LogP contribution is 2.64. The molecular formula is C14H20O2. The van der Waals surface area contributed by atoms with Gasteiger partial charge < -0.3 is 4.74 Å². The van der Waals surface area contributed by atoms with E-state index < -0.39 is 0 Å². The van der Waals surface area contributed by atoms with E-state index in [4.69, 9.17) is 4.74 Å². The van der Waals surface area contributed by atoms with Crippen molar-refractivity contribution in [3.63, 3.8) is 0 Å². The first kappa shape index (κ1) is 9.49. The van der Waals surface area contributed by atoms with Crippen LogP contribution in [0.4, 0.5) is 0 Å². The smallest absolute Gasteiger partial charge is 0.313 e. The van der Waals surface area contributed by atoms with Gasteiger partial charge in [0.25, 0.3) is 0 Å². The van der Waals surface area contributed by atoms with Crippen molar-refractivity contribution >= 4 is 5.97 Å². The molecule has 0 aromatic rings. The molecule has 4 aliphatic carbocycles. The second kappa shape index (κ2) is 2.83. The van der Waals surface area contributed by atoms with Gasteiger partial charge >= 0.3 is 5.97 Å². The Balaban J connectivity index is 1.68. The van der Waals surface area contributed by atoms with Crippen LogP contribution >= 0.6 is 0 Å². The summed E-state index contributed by atoms with van der Waals surface area (Å²) in [5.41, 5.74) is 0.365. The van der Waals surface area contributed by atoms with Gasteiger partial charge in [0, 0.05) is 0 Å². The maximum absolute atomic E-state index is 11.7. The summed E-state index contributed by atoms with van der Waals surface area (Å²) >= 11 is 0. The molecule has 1 aliphatic heterocycles. The molecule has 16 heavy (non-hydrogen) atoms. The number of esters is 1. The number of ether oxygens (including phenoxy) is 1. The molecule has 4 bridgehead atoms. The van der Waals surface area contributed by atoms with Crippen LogP contribution in [0.25, 0.3) is 0 Å². The van der Waals surface area contributed by atoms with E-state index in [0.29, 0.717) is 5.41 Å². The highest BCUT2D eigenvalue weighted by atomic mass is 16.6. The number of rotatable bonds is 1. The minimum Gasteiger partial charge on any atom is -0.461 e. The van der Waals surface area contributed by atoms with Crippen LogP contribution in [0.5, 0.6) is 0 Å². The lowest BCUT2D eigenvalue weighted by Gasteiger charge is -2.61. The predicted molar refractivity (Wildman–Crippen MR) is 59.6 cm³/mol. The monoisotopic (exact) mass is 220 g/mol. The highest BCUT2D eigenvalue weighted by Gasteiger charge is 2.61. The van der Waals surface area contributed by atoms with E-state index in [9.17, 15) is 4.79 Å². The van der Waals surface area contributed by atoms with Crippen LogP contribution in [-0.2, 0) is 9.53 Å². The SMILES string of the molecule is C[C@@H]1OC(=O)[C@H]1C12CC3CC(CC(C3)C1)C2. The molecule has 2 atom stereocenters. The minimum atomic E-state index is 0.106. The second-order valence-electron chi connectivity index (χ2n) is 6.90. The van der Waals surface area contributed by atoms with Gasteiger partial charge in [-0.3, -0.25) is 4.79 Å². The van der Waals surface area contributed by atoms with Crippen molar-refractivity contribution in [2.24, 2.45) is 29.1 Å². The number of cyclic esters (lactones) is 1. The molecule has 5 rings (SSSR count). The number of hydrogen-bond acceptors (Lipinski definition) is 2. The predicted octanol–water partition coefficient (Wildman–Crippen LogP) is 2.76. The molecule has 2 nitrogen and oxygen atoms in total. The minimum absolute atomic E-state index is 0.106. The van der Waals surface area contributed by atoms with E-state index in [2.05, 4.69) is 6.92 Å². The zero-order chi connectivity index (χ0) is 10.9. The van der Waals surface area contributed by atoms with Gasteiger partial charge in [-0.05, 0) is 68.6 Å². The van der Waals surface area contributed by atoms with Gasteiger partial charge in [0.05, 0.1) is 5.92 Å². The fraction of sp³-hybridized carbons (Fsp3) is 0.929. The Labute approximate surface area is 96.7 Å². The lowest BCUT2D eigenvalue weighted by molar-refractivity contribution is -0.213. The molecule has 5 aliphatic rings. The molecule has 0 unspecified atom stereocenters. The van der Waals surface area contributed by atoms with E-state index in [0.717, 1.165) is 17.8 Å². The van der Waals surface area contributed by atoms with Gasteiger partial charge in [-0.25, -0.2) is 0 Å². The summed E-state index contributed by atoms with van der Waals surface area (Å²) in [7, 11) is 0. The van der Waals surface area contributed by atoms with E-state index in [1.807, 2.05) is 0 Å². The topological polar surface area (TPSA) is 26.3 Å². The summed E-state index contributed by atoms with van der Waals surface area (Å²) in [5.74, 6) is 3.17. The Kier molecular flexibility index (Phi) is 1.68. The van der Waals surface area contributed by atoms with Crippen molar-refractivity contribution in [2.45, 2.75) is 51.6 Å². The van der Waals surface area contributed by atoms with Gasteiger partial charge in [0.15, 0.2) is 0 Å². The zero-order valence-electron chi connectivity index (χ0n) is 9.95. The van der Waals surface area contributed by atoms with E-state index in [1.54, 1.807) is 0 Å². The Morgan fingerprint density at radius 1 is 1.06 bits per heavy atom. The Morgan fingerprint density at radius 2 is 1.56 bits per heavy atom. The van der Waals surface area contributed by atoms with Gasteiger partial charge in [0.2, 0.25) is 0 Å². The fourth-order valence-corrected chi connectivity index (χ4v) is 5.75. The molecule has 0 aromatic heterocycles. The second-order valence-corrected chi connectivity index (χ2v) is 6.90. The highest BCUT2D eigenvalue weighted by molar-refractivity contribution is 5.79. The molecule has 0 radical (unpaired) electrons. The third-order valence-corrected chi connectivity index (χ3v) is 5.77. The Bertz CT molecular complexity index is 311. The van der Waals surface area contributed by atoms with Crippen LogP contribution in [0.15, 0.2) is 0 Å². The number of carbonyl (C=O) groups excluding carboxylic acids is 1.